The van der Waals surface area contributed by atoms with Crippen molar-refractivity contribution in [3.8, 4) is 27.6 Å². The van der Waals surface area contributed by atoms with E-state index >= 15 is 0 Å². The minimum atomic E-state index is -0.116. The Bertz CT molecular complexity index is 1400. The van der Waals surface area contributed by atoms with Gasteiger partial charge in [-0.15, -0.1) is 11.3 Å². The zero-order valence-electron chi connectivity index (χ0n) is 16.8. The van der Waals surface area contributed by atoms with Crippen LogP contribution in [0.4, 0.5) is 5.69 Å². The van der Waals surface area contributed by atoms with Gasteiger partial charge in [-0.3, -0.25) is 4.79 Å². The number of methoxy groups -OCH3 is 1. The predicted octanol–water partition coefficient (Wildman–Crippen LogP) is 5.55. The number of fused-ring (bicyclic) bond motifs is 1. The highest BCUT2D eigenvalue weighted by molar-refractivity contribution is 7.13. The van der Waals surface area contributed by atoms with Gasteiger partial charge in [-0.1, -0.05) is 48.5 Å². The molecule has 0 fully saturated rings. The molecule has 2 N–H and O–H groups in total. The predicted molar refractivity (Wildman–Crippen MR) is 125 cm³/mol. The van der Waals surface area contributed by atoms with Gasteiger partial charge in [0.1, 0.15) is 16.5 Å². The topological polar surface area (TPSA) is 69.6 Å². The summed E-state index contributed by atoms with van der Waals surface area (Å²) < 4.78 is 7.18. The van der Waals surface area contributed by atoms with Crippen molar-refractivity contribution in [3.05, 3.63) is 95.6 Å². The summed E-state index contributed by atoms with van der Waals surface area (Å²) in [6.45, 7) is 0. The molecule has 0 bridgehead atoms. The summed E-state index contributed by atoms with van der Waals surface area (Å²) in [6, 6.07) is 22.7. The van der Waals surface area contributed by atoms with Gasteiger partial charge in [-0.05, 0) is 24.3 Å². The summed E-state index contributed by atoms with van der Waals surface area (Å²) in [5.74, 6) is 0.659. The Labute approximate surface area is 183 Å². The number of pyridine rings is 1. The van der Waals surface area contributed by atoms with Crippen molar-refractivity contribution in [2.24, 2.45) is 0 Å². The fourth-order valence-corrected chi connectivity index (χ4v) is 4.61. The average molecular weight is 426 g/mol. The SMILES string of the molecule is COc1cccc(-c2csc(-c3c(N)c(C(=O)c4ccccc4)n4ccccc34)n2)c1. The Morgan fingerprint density at radius 3 is 2.65 bits per heavy atom. The first-order valence-corrected chi connectivity index (χ1v) is 10.6. The first kappa shape index (κ1) is 19.1. The maximum atomic E-state index is 13.3. The van der Waals surface area contributed by atoms with Crippen LogP contribution in [0.5, 0.6) is 5.75 Å². The second kappa shape index (κ2) is 7.74. The van der Waals surface area contributed by atoms with Crippen LogP contribution in [-0.4, -0.2) is 22.3 Å². The average Bonchev–Trinajstić information content (AvgIpc) is 3.41. The van der Waals surface area contributed by atoms with Crippen molar-refractivity contribution in [2.45, 2.75) is 0 Å². The molecule has 3 aromatic heterocycles. The maximum absolute atomic E-state index is 13.3. The molecule has 0 radical (unpaired) electrons. The summed E-state index contributed by atoms with van der Waals surface area (Å²) in [5, 5.41) is 2.76. The number of anilines is 1. The number of aromatic nitrogens is 2. The van der Waals surface area contributed by atoms with Crippen molar-refractivity contribution < 1.29 is 9.53 Å². The number of ketones is 1. The number of carbonyl (C=O) groups is 1. The summed E-state index contributed by atoms with van der Waals surface area (Å²) in [6.07, 6.45) is 1.86. The largest absolute Gasteiger partial charge is 0.497 e. The highest BCUT2D eigenvalue weighted by atomic mass is 32.1. The molecular formula is C25H19N3O2S. The van der Waals surface area contributed by atoms with Crippen LogP contribution < -0.4 is 10.5 Å². The molecule has 0 aliphatic carbocycles. The molecule has 0 aliphatic rings. The Balaban J connectivity index is 1.66. The molecule has 0 unspecified atom stereocenters. The zero-order valence-corrected chi connectivity index (χ0v) is 17.6. The van der Waals surface area contributed by atoms with Crippen molar-refractivity contribution in [1.82, 2.24) is 9.38 Å². The first-order valence-electron chi connectivity index (χ1n) is 9.76. The number of nitrogens with two attached hydrogens (primary N) is 1. The summed E-state index contributed by atoms with van der Waals surface area (Å²) in [5.41, 5.74) is 11.5. The van der Waals surface area contributed by atoms with Gasteiger partial charge >= 0.3 is 0 Å². The van der Waals surface area contributed by atoms with Crippen molar-refractivity contribution in [1.29, 1.82) is 0 Å². The second-order valence-corrected chi connectivity index (χ2v) is 7.92. The third kappa shape index (κ3) is 3.27. The van der Waals surface area contributed by atoms with E-state index in [9.17, 15) is 4.79 Å². The number of hydrogen-bond donors (Lipinski definition) is 1. The van der Waals surface area contributed by atoms with E-state index in [1.54, 1.807) is 19.2 Å². The fraction of sp³-hybridized carbons (Fsp3) is 0.0400. The molecule has 5 aromatic rings. The van der Waals surface area contributed by atoms with Crippen molar-refractivity contribution in [2.75, 3.05) is 12.8 Å². The van der Waals surface area contributed by atoms with Gasteiger partial charge in [-0.2, -0.15) is 0 Å². The molecule has 152 valence electrons. The first-order chi connectivity index (χ1) is 15.2. The quantitative estimate of drug-likeness (QED) is 0.375. The molecule has 5 nitrogen and oxygen atoms in total. The molecule has 0 saturated carbocycles. The Kier molecular flexibility index (Phi) is 4.76. The normalized spacial score (nSPS) is 11.0. The standard InChI is InChI=1S/C25H19N3O2S/c1-30-18-11-7-10-17(14-18)19-15-31-25(27-19)21-20-12-5-6-13-28(20)23(22(21)26)24(29)16-8-3-2-4-9-16/h2-15H,26H2,1H3. The molecule has 0 spiro atoms. The Morgan fingerprint density at radius 2 is 1.84 bits per heavy atom. The van der Waals surface area contributed by atoms with Gasteiger partial charge in [0.25, 0.3) is 0 Å². The molecule has 3 heterocycles. The van der Waals surface area contributed by atoms with E-state index in [4.69, 9.17) is 15.5 Å². The molecule has 31 heavy (non-hydrogen) atoms. The lowest BCUT2D eigenvalue weighted by atomic mass is 10.1. The smallest absolute Gasteiger partial charge is 0.211 e. The molecule has 0 saturated heterocycles. The van der Waals surface area contributed by atoms with Crippen LogP contribution in [0.1, 0.15) is 16.1 Å². The highest BCUT2D eigenvalue weighted by Crippen LogP contribution is 2.39. The monoisotopic (exact) mass is 425 g/mol. The van der Waals surface area contributed by atoms with E-state index in [1.165, 1.54) is 11.3 Å². The van der Waals surface area contributed by atoms with Crippen LogP contribution >= 0.6 is 11.3 Å². The van der Waals surface area contributed by atoms with Gasteiger partial charge < -0.3 is 14.9 Å². The van der Waals surface area contributed by atoms with E-state index in [0.29, 0.717) is 16.9 Å². The van der Waals surface area contributed by atoms with Crippen LogP contribution in [0.25, 0.3) is 27.3 Å². The molecule has 2 aromatic carbocycles. The number of thiazole rings is 1. The van der Waals surface area contributed by atoms with Gasteiger partial charge in [0.15, 0.2) is 0 Å². The zero-order chi connectivity index (χ0) is 21.4. The number of benzene rings is 2. The molecule has 5 rings (SSSR count). The lowest BCUT2D eigenvalue weighted by Gasteiger charge is -2.03. The van der Waals surface area contributed by atoms with Gasteiger partial charge in [0.2, 0.25) is 5.78 Å². The van der Waals surface area contributed by atoms with E-state index in [1.807, 2.05) is 76.6 Å². The maximum Gasteiger partial charge on any atom is 0.211 e. The van der Waals surface area contributed by atoms with Gasteiger partial charge in [-0.25, -0.2) is 4.98 Å². The minimum absolute atomic E-state index is 0.116. The molecule has 0 amide bonds. The van der Waals surface area contributed by atoms with Crippen LogP contribution in [0, 0.1) is 0 Å². The van der Waals surface area contributed by atoms with Crippen molar-refractivity contribution >= 4 is 28.3 Å². The summed E-state index contributed by atoms with van der Waals surface area (Å²) >= 11 is 1.50. The number of rotatable bonds is 5. The number of hydrogen-bond acceptors (Lipinski definition) is 5. The number of nitrogen functional groups attached to an aromatic ring is 1. The highest BCUT2D eigenvalue weighted by Gasteiger charge is 2.24. The third-order valence-corrected chi connectivity index (χ3v) is 6.08. The second-order valence-electron chi connectivity index (χ2n) is 7.06. The van der Waals surface area contributed by atoms with Crippen LogP contribution in [0.2, 0.25) is 0 Å². The Hall–Kier alpha value is -3.90. The van der Waals surface area contributed by atoms with E-state index in [0.717, 1.165) is 33.1 Å². The summed E-state index contributed by atoms with van der Waals surface area (Å²) in [7, 11) is 1.64. The molecular weight excluding hydrogens is 406 g/mol. The molecule has 0 atom stereocenters. The van der Waals surface area contributed by atoms with E-state index in [-0.39, 0.29) is 5.78 Å². The number of carbonyl (C=O) groups excluding carboxylic acids is 1. The minimum Gasteiger partial charge on any atom is -0.497 e. The van der Waals surface area contributed by atoms with E-state index < -0.39 is 0 Å². The molecule has 6 heteroatoms. The van der Waals surface area contributed by atoms with Crippen LogP contribution in [0.15, 0.2) is 84.4 Å². The third-order valence-electron chi connectivity index (χ3n) is 5.22. The number of nitrogens with zero attached hydrogens (tertiary/aromatic N) is 2. The Morgan fingerprint density at radius 1 is 1.03 bits per heavy atom. The fourth-order valence-electron chi connectivity index (χ4n) is 3.71. The number of ether oxygens (including phenoxy) is 1. The van der Waals surface area contributed by atoms with E-state index in [2.05, 4.69) is 0 Å². The van der Waals surface area contributed by atoms with Gasteiger partial charge in [0.05, 0.1) is 29.6 Å². The summed E-state index contributed by atoms with van der Waals surface area (Å²) in [4.78, 5) is 18.1. The molecule has 0 aliphatic heterocycles. The van der Waals surface area contributed by atoms with Crippen LogP contribution in [0.3, 0.4) is 0 Å². The van der Waals surface area contributed by atoms with Crippen molar-refractivity contribution in [3.63, 3.8) is 0 Å². The van der Waals surface area contributed by atoms with Gasteiger partial charge in [0, 0.05) is 22.7 Å². The lowest BCUT2D eigenvalue weighted by molar-refractivity contribution is 0.103. The lowest BCUT2D eigenvalue weighted by Crippen LogP contribution is -2.07. The van der Waals surface area contributed by atoms with Crippen LogP contribution in [-0.2, 0) is 0 Å².